The van der Waals surface area contributed by atoms with Crippen LogP contribution in [0.25, 0.3) is 0 Å². The molecule has 1 aromatic rings. The summed E-state index contributed by atoms with van der Waals surface area (Å²) in [6.45, 7) is 9.01. The van der Waals surface area contributed by atoms with Gasteiger partial charge < -0.3 is 9.47 Å². The normalized spacial score (nSPS) is 25.6. The van der Waals surface area contributed by atoms with E-state index in [9.17, 15) is 10.1 Å². The Balaban J connectivity index is 2.39. The molecule has 1 saturated heterocycles. The van der Waals surface area contributed by atoms with E-state index in [0.717, 1.165) is 30.4 Å². The largest absolute Gasteiger partial charge is 0.465 e. The van der Waals surface area contributed by atoms with Gasteiger partial charge in [-0.05, 0) is 51.5 Å². The fraction of sp³-hybridized carbons (Fsp3) is 0.619. The molecule has 2 rings (SSSR count). The second-order valence-electron chi connectivity index (χ2n) is 7.20. The lowest BCUT2D eigenvalue weighted by atomic mass is 9.70. The van der Waals surface area contributed by atoms with Crippen LogP contribution in [0.4, 0.5) is 0 Å². The molecule has 1 heterocycles. The third-order valence-corrected chi connectivity index (χ3v) is 5.39. The maximum absolute atomic E-state index is 12.5. The van der Waals surface area contributed by atoms with Gasteiger partial charge in [0.15, 0.2) is 5.92 Å². The van der Waals surface area contributed by atoms with Crippen LogP contribution in [0.5, 0.6) is 0 Å². The van der Waals surface area contributed by atoms with Gasteiger partial charge in [-0.25, -0.2) is 0 Å². The molecule has 1 aliphatic rings. The standard InChI is InChI=1S/C21H29NO3/c1-5-21(4)13-17(11-12-25-21)19(16-9-7-15(3)8-10-16)18(14-22)20(23)24-6-2/h7-10,17-19H,5-6,11-13H2,1-4H3/t17-,18+,19-,21-/m0/s1. The lowest BCUT2D eigenvalue weighted by Crippen LogP contribution is -2.40. The van der Waals surface area contributed by atoms with Crippen LogP contribution >= 0.6 is 0 Å². The zero-order chi connectivity index (χ0) is 18.4. The summed E-state index contributed by atoms with van der Waals surface area (Å²) in [6.07, 6.45) is 2.62. The van der Waals surface area contributed by atoms with Crippen molar-refractivity contribution in [3.05, 3.63) is 35.4 Å². The molecule has 0 amide bonds. The van der Waals surface area contributed by atoms with Crippen molar-refractivity contribution in [1.82, 2.24) is 0 Å². The van der Waals surface area contributed by atoms with Crippen molar-refractivity contribution in [3.8, 4) is 6.07 Å². The predicted octanol–water partition coefficient (Wildman–Crippen LogP) is 4.38. The summed E-state index contributed by atoms with van der Waals surface area (Å²) >= 11 is 0. The Labute approximate surface area is 151 Å². The lowest BCUT2D eigenvalue weighted by Gasteiger charge is -2.41. The predicted molar refractivity (Wildman–Crippen MR) is 97.0 cm³/mol. The zero-order valence-corrected chi connectivity index (χ0v) is 15.7. The molecule has 25 heavy (non-hydrogen) atoms. The van der Waals surface area contributed by atoms with Gasteiger partial charge in [-0.2, -0.15) is 5.26 Å². The maximum atomic E-state index is 12.5. The van der Waals surface area contributed by atoms with E-state index in [4.69, 9.17) is 9.47 Å². The molecule has 1 fully saturated rings. The second kappa shape index (κ2) is 8.49. The highest BCUT2D eigenvalue weighted by molar-refractivity contribution is 5.76. The van der Waals surface area contributed by atoms with Gasteiger partial charge in [-0.3, -0.25) is 4.79 Å². The van der Waals surface area contributed by atoms with Crippen molar-refractivity contribution in [3.63, 3.8) is 0 Å². The lowest BCUT2D eigenvalue weighted by molar-refractivity contribution is -0.148. The summed E-state index contributed by atoms with van der Waals surface area (Å²) in [5.74, 6) is -1.15. The van der Waals surface area contributed by atoms with Gasteiger partial charge in [0, 0.05) is 12.5 Å². The second-order valence-corrected chi connectivity index (χ2v) is 7.20. The monoisotopic (exact) mass is 343 g/mol. The topological polar surface area (TPSA) is 59.3 Å². The number of nitrogens with zero attached hydrogens (tertiary/aromatic N) is 1. The summed E-state index contributed by atoms with van der Waals surface area (Å²) in [5.41, 5.74) is 2.01. The van der Waals surface area contributed by atoms with Gasteiger partial charge in [0.25, 0.3) is 0 Å². The molecular formula is C21H29NO3. The van der Waals surface area contributed by atoms with Crippen molar-refractivity contribution in [2.75, 3.05) is 13.2 Å². The molecule has 0 N–H and O–H groups in total. The number of esters is 1. The van der Waals surface area contributed by atoms with E-state index in [0.29, 0.717) is 6.61 Å². The molecule has 0 bridgehead atoms. The molecule has 4 atom stereocenters. The molecule has 4 heteroatoms. The number of aryl methyl sites for hydroxylation is 1. The minimum absolute atomic E-state index is 0.167. The van der Waals surface area contributed by atoms with Crippen molar-refractivity contribution < 1.29 is 14.3 Å². The van der Waals surface area contributed by atoms with Crippen molar-refractivity contribution in [2.24, 2.45) is 11.8 Å². The van der Waals surface area contributed by atoms with Crippen LogP contribution in [0.15, 0.2) is 24.3 Å². The molecule has 0 saturated carbocycles. The highest BCUT2D eigenvalue weighted by atomic mass is 16.5. The SMILES string of the molecule is CCOC(=O)[C@H](C#N)[C@@H](c1ccc(C)cc1)[C@H]1CCO[C@@](C)(CC)C1. The van der Waals surface area contributed by atoms with E-state index < -0.39 is 11.9 Å². The van der Waals surface area contributed by atoms with Crippen LogP contribution in [0.2, 0.25) is 0 Å². The molecule has 0 unspecified atom stereocenters. The van der Waals surface area contributed by atoms with E-state index >= 15 is 0 Å². The average Bonchev–Trinajstić information content (AvgIpc) is 2.61. The van der Waals surface area contributed by atoms with E-state index in [2.05, 4.69) is 19.9 Å². The fourth-order valence-electron chi connectivity index (χ4n) is 3.76. The summed E-state index contributed by atoms with van der Waals surface area (Å²) in [4.78, 5) is 12.5. The van der Waals surface area contributed by atoms with Crippen LogP contribution in [0, 0.1) is 30.1 Å². The Bertz CT molecular complexity index is 619. The summed E-state index contributed by atoms with van der Waals surface area (Å²) in [5, 5.41) is 9.75. The fourth-order valence-corrected chi connectivity index (χ4v) is 3.76. The van der Waals surface area contributed by atoms with E-state index in [-0.39, 0.29) is 24.0 Å². The number of hydrogen-bond acceptors (Lipinski definition) is 4. The average molecular weight is 343 g/mol. The van der Waals surface area contributed by atoms with Crippen LogP contribution in [0.1, 0.15) is 57.1 Å². The Kier molecular flexibility index (Phi) is 6.61. The van der Waals surface area contributed by atoms with Crippen LogP contribution in [-0.4, -0.2) is 24.8 Å². The van der Waals surface area contributed by atoms with Gasteiger partial charge >= 0.3 is 5.97 Å². The first-order valence-corrected chi connectivity index (χ1v) is 9.21. The van der Waals surface area contributed by atoms with E-state index in [1.54, 1.807) is 6.92 Å². The molecule has 0 spiro atoms. The number of rotatable bonds is 6. The summed E-state index contributed by atoms with van der Waals surface area (Å²) in [7, 11) is 0. The minimum atomic E-state index is -0.785. The number of benzene rings is 1. The molecule has 1 aliphatic heterocycles. The molecular weight excluding hydrogens is 314 g/mol. The molecule has 0 aromatic heterocycles. The number of carbonyl (C=O) groups excluding carboxylic acids is 1. The Morgan fingerprint density at radius 2 is 2.08 bits per heavy atom. The highest BCUT2D eigenvalue weighted by Crippen LogP contribution is 2.43. The molecule has 136 valence electrons. The van der Waals surface area contributed by atoms with Gasteiger partial charge in [-0.15, -0.1) is 0 Å². The minimum Gasteiger partial charge on any atom is -0.465 e. The number of ether oxygens (including phenoxy) is 2. The van der Waals surface area contributed by atoms with Gasteiger partial charge in [0.2, 0.25) is 0 Å². The molecule has 4 nitrogen and oxygen atoms in total. The molecule has 0 radical (unpaired) electrons. The van der Waals surface area contributed by atoms with Crippen molar-refractivity contribution >= 4 is 5.97 Å². The van der Waals surface area contributed by atoms with Crippen LogP contribution in [-0.2, 0) is 14.3 Å². The maximum Gasteiger partial charge on any atom is 0.323 e. The van der Waals surface area contributed by atoms with Gasteiger partial charge in [0.05, 0.1) is 18.3 Å². The van der Waals surface area contributed by atoms with Crippen LogP contribution < -0.4 is 0 Å². The third kappa shape index (κ3) is 4.61. The van der Waals surface area contributed by atoms with Crippen molar-refractivity contribution in [1.29, 1.82) is 5.26 Å². The van der Waals surface area contributed by atoms with E-state index in [1.165, 1.54) is 0 Å². The zero-order valence-electron chi connectivity index (χ0n) is 15.7. The number of carbonyl (C=O) groups is 1. The Morgan fingerprint density at radius 3 is 2.64 bits per heavy atom. The number of nitriles is 1. The Morgan fingerprint density at radius 1 is 1.40 bits per heavy atom. The van der Waals surface area contributed by atoms with Gasteiger partial charge in [0.1, 0.15) is 0 Å². The summed E-state index contributed by atoms with van der Waals surface area (Å²) in [6, 6.07) is 10.4. The highest BCUT2D eigenvalue weighted by Gasteiger charge is 2.42. The third-order valence-electron chi connectivity index (χ3n) is 5.39. The first-order chi connectivity index (χ1) is 11.9. The quantitative estimate of drug-likeness (QED) is 0.719. The van der Waals surface area contributed by atoms with Crippen molar-refractivity contribution in [2.45, 2.75) is 58.5 Å². The first-order valence-electron chi connectivity index (χ1n) is 9.21. The molecule has 0 aliphatic carbocycles. The summed E-state index contributed by atoms with van der Waals surface area (Å²) < 4.78 is 11.2. The molecule has 1 aromatic carbocycles. The number of hydrogen-bond donors (Lipinski definition) is 0. The first kappa shape index (κ1) is 19.5. The van der Waals surface area contributed by atoms with E-state index in [1.807, 2.05) is 31.2 Å². The Hall–Kier alpha value is -1.86. The van der Waals surface area contributed by atoms with Gasteiger partial charge in [-0.1, -0.05) is 36.8 Å². The van der Waals surface area contributed by atoms with Crippen LogP contribution in [0.3, 0.4) is 0 Å². The smallest absolute Gasteiger partial charge is 0.323 e.